The number of fused-ring (bicyclic) bond motifs is 1. The van der Waals surface area contributed by atoms with Crippen LogP contribution in [-0.2, 0) is 11.3 Å². The van der Waals surface area contributed by atoms with Crippen LogP contribution in [0.25, 0.3) is 0 Å². The number of aliphatic carboxylic acids is 1. The predicted molar refractivity (Wildman–Crippen MR) is 86.8 cm³/mol. The summed E-state index contributed by atoms with van der Waals surface area (Å²) >= 11 is 0. The second kappa shape index (κ2) is 6.40. The Morgan fingerprint density at radius 1 is 1.43 bits per heavy atom. The van der Waals surface area contributed by atoms with Gasteiger partial charge in [-0.25, -0.2) is 0 Å². The van der Waals surface area contributed by atoms with Crippen molar-refractivity contribution in [2.75, 3.05) is 26.8 Å². The van der Waals surface area contributed by atoms with Crippen molar-refractivity contribution in [3.63, 3.8) is 0 Å². The number of carbonyl (C=O) groups is 1. The van der Waals surface area contributed by atoms with Gasteiger partial charge in [0.1, 0.15) is 0 Å². The number of hydrogen-bond donors (Lipinski definition) is 1. The van der Waals surface area contributed by atoms with Gasteiger partial charge in [0.25, 0.3) is 0 Å². The van der Waals surface area contributed by atoms with Gasteiger partial charge in [-0.05, 0) is 43.4 Å². The molecular formula is C18H25NO4. The highest BCUT2D eigenvalue weighted by Crippen LogP contribution is 2.49. The molecule has 1 saturated heterocycles. The second-order valence-electron chi connectivity index (χ2n) is 6.64. The first-order valence-electron chi connectivity index (χ1n) is 8.34. The van der Waals surface area contributed by atoms with E-state index in [4.69, 9.17) is 9.47 Å². The molecule has 0 unspecified atom stereocenters. The lowest BCUT2D eigenvalue weighted by molar-refractivity contribution is -0.149. The number of ether oxygens (including phenoxy) is 2. The first kappa shape index (κ1) is 16.1. The van der Waals surface area contributed by atoms with Crippen LogP contribution in [0.5, 0.6) is 11.5 Å². The van der Waals surface area contributed by atoms with Crippen LogP contribution in [0, 0.1) is 11.3 Å². The van der Waals surface area contributed by atoms with E-state index in [9.17, 15) is 9.90 Å². The number of carboxylic acids is 1. The predicted octanol–water partition coefficient (Wildman–Crippen LogP) is 2.78. The van der Waals surface area contributed by atoms with Gasteiger partial charge in [0.15, 0.2) is 11.5 Å². The highest BCUT2D eigenvalue weighted by molar-refractivity contribution is 5.76. The molecule has 1 aliphatic carbocycles. The molecular weight excluding hydrogens is 294 g/mol. The van der Waals surface area contributed by atoms with E-state index in [1.807, 2.05) is 25.1 Å². The highest BCUT2D eigenvalue weighted by Gasteiger charge is 2.54. The smallest absolute Gasteiger partial charge is 0.311 e. The van der Waals surface area contributed by atoms with Crippen LogP contribution in [0.15, 0.2) is 18.2 Å². The first-order chi connectivity index (χ1) is 11.1. The number of likely N-dealkylation sites (tertiary alicyclic amines) is 1. The summed E-state index contributed by atoms with van der Waals surface area (Å²) in [7, 11) is 1.63. The third-order valence-electron chi connectivity index (χ3n) is 5.30. The van der Waals surface area contributed by atoms with Gasteiger partial charge in [-0.2, -0.15) is 0 Å². The SMILES string of the molecule is CCOc1cc(CN2C[C@@H]3CCC[C@@]3(C(=O)O)C2)ccc1OC. The van der Waals surface area contributed by atoms with E-state index < -0.39 is 11.4 Å². The number of nitrogens with zero attached hydrogens (tertiary/aromatic N) is 1. The van der Waals surface area contributed by atoms with E-state index in [1.54, 1.807) is 7.11 Å². The third-order valence-corrected chi connectivity index (χ3v) is 5.30. The van der Waals surface area contributed by atoms with Crippen molar-refractivity contribution in [2.24, 2.45) is 11.3 Å². The molecule has 1 N–H and O–H groups in total. The van der Waals surface area contributed by atoms with Crippen molar-refractivity contribution >= 4 is 5.97 Å². The Morgan fingerprint density at radius 3 is 2.91 bits per heavy atom. The number of methoxy groups -OCH3 is 1. The van der Waals surface area contributed by atoms with Gasteiger partial charge in [0.2, 0.25) is 0 Å². The summed E-state index contributed by atoms with van der Waals surface area (Å²) in [4.78, 5) is 14.0. The lowest BCUT2D eigenvalue weighted by Gasteiger charge is -2.23. The van der Waals surface area contributed by atoms with Crippen LogP contribution in [-0.4, -0.2) is 42.8 Å². The van der Waals surface area contributed by atoms with Crippen LogP contribution < -0.4 is 9.47 Å². The molecule has 5 nitrogen and oxygen atoms in total. The maximum absolute atomic E-state index is 11.8. The standard InChI is InChI=1S/C18H25NO4/c1-3-23-16-9-13(6-7-15(16)22-2)10-19-11-14-5-4-8-18(14,12-19)17(20)21/h6-7,9,14H,3-5,8,10-12H2,1-2H3,(H,20,21)/t14-,18+/m0/s1. The van der Waals surface area contributed by atoms with Gasteiger partial charge in [0.05, 0.1) is 19.1 Å². The average molecular weight is 319 g/mol. The highest BCUT2D eigenvalue weighted by atomic mass is 16.5. The molecule has 1 aromatic carbocycles. The lowest BCUT2D eigenvalue weighted by Crippen LogP contribution is -2.35. The summed E-state index contributed by atoms with van der Waals surface area (Å²) < 4.78 is 10.9. The number of rotatable bonds is 6. The zero-order chi connectivity index (χ0) is 16.4. The maximum Gasteiger partial charge on any atom is 0.311 e. The van der Waals surface area contributed by atoms with Gasteiger partial charge in [-0.1, -0.05) is 12.5 Å². The van der Waals surface area contributed by atoms with Gasteiger partial charge in [-0.15, -0.1) is 0 Å². The van der Waals surface area contributed by atoms with E-state index in [0.717, 1.165) is 49.4 Å². The van der Waals surface area contributed by atoms with E-state index >= 15 is 0 Å². The molecule has 0 radical (unpaired) electrons. The molecule has 126 valence electrons. The summed E-state index contributed by atoms with van der Waals surface area (Å²) in [5, 5.41) is 9.68. The van der Waals surface area contributed by atoms with Crippen LogP contribution in [0.1, 0.15) is 31.7 Å². The summed E-state index contributed by atoms with van der Waals surface area (Å²) in [5.41, 5.74) is 0.615. The summed E-state index contributed by atoms with van der Waals surface area (Å²) in [5.74, 6) is 1.16. The summed E-state index contributed by atoms with van der Waals surface area (Å²) in [6, 6.07) is 5.96. The minimum Gasteiger partial charge on any atom is -0.493 e. The van der Waals surface area contributed by atoms with E-state index in [1.165, 1.54) is 0 Å². The van der Waals surface area contributed by atoms with Crippen LogP contribution in [0.3, 0.4) is 0 Å². The molecule has 5 heteroatoms. The Kier molecular flexibility index (Phi) is 4.48. The van der Waals surface area contributed by atoms with Gasteiger partial charge in [0, 0.05) is 19.6 Å². The van der Waals surface area contributed by atoms with Crippen LogP contribution in [0.4, 0.5) is 0 Å². The average Bonchev–Trinajstić information content (AvgIpc) is 3.06. The Labute approximate surface area is 137 Å². The van der Waals surface area contributed by atoms with E-state index in [0.29, 0.717) is 19.1 Å². The molecule has 0 bridgehead atoms. The normalized spacial score (nSPS) is 27.0. The molecule has 2 fully saturated rings. The second-order valence-corrected chi connectivity index (χ2v) is 6.64. The first-order valence-corrected chi connectivity index (χ1v) is 8.34. The zero-order valence-corrected chi connectivity index (χ0v) is 13.9. The van der Waals surface area contributed by atoms with Crippen molar-refractivity contribution < 1.29 is 19.4 Å². The Hall–Kier alpha value is -1.75. The van der Waals surface area contributed by atoms with Gasteiger partial charge in [-0.3, -0.25) is 9.69 Å². The summed E-state index contributed by atoms with van der Waals surface area (Å²) in [6.07, 6.45) is 2.90. The number of hydrogen-bond acceptors (Lipinski definition) is 4. The molecule has 0 amide bonds. The monoisotopic (exact) mass is 319 g/mol. The number of carboxylic acid groups (broad SMARTS) is 1. The number of benzene rings is 1. The quantitative estimate of drug-likeness (QED) is 0.874. The van der Waals surface area contributed by atoms with Gasteiger partial charge >= 0.3 is 5.97 Å². The maximum atomic E-state index is 11.8. The summed E-state index contributed by atoms with van der Waals surface area (Å²) in [6.45, 7) is 4.83. The van der Waals surface area contributed by atoms with Gasteiger partial charge < -0.3 is 14.6 Å². The Morgan fingerprint density at radius 2 is 2.26 bits per heavy atom. The minimum absolute atomic E-state index is 0.296. The minimum atomic E-state index is -0.618. The molecule has 1 aromatic rings. The van der Waals surface area contributed by atoms with E-state index in [2.05, 4.69) is 4.90 Å². The topological polar surface area (TPSA) is 59.0 Å². The molecule has 1 saturated carbocycles. The molecule has 23 heavy (non-hydrogen) atoms. The molecule has 0 aromatic heterocycles. The van der Waals surface area contributed by atoms with Crippen molar-refractivity contribution in [1.29, 1.82) is 0 Å². The van der Waals surface area contributed by atoms with Crippen molar-refractivity contribution in [3.8, 4) is 11.5 Å². The molecule has 1 heterocycles. The van der Waals surface area contributed by atoms with E-state index in [-0.39, 0.29) is 0 Å². The molecule has 2 atom stereocenters. The zero-order valence-electron chi connectivity index (χ0n) is 13.9. The van der Waals surface area contributed by atoms with Crippen molar-refractivity contribution in [3.05, 3.63) is 23.8 Å². The Balaban J connectivity index is 1.73. The largest absolute Gasteiger partial charge is 0.493 e. The molecule has 3 rings (SSSR count). The van der Waals surface area contributed by atoms with Crippen LogP contribution >= 0.6 is 0 Å². The Bertz CT molecular complexity index is 588. The van der Waals surface area contributed by atoms with Crippen LogP contribution in [0.2, 0.25) is 0 Å². The third kappa shape index (κ3) is 2.90. The fourth-order valence-electron chi connectivity index (χ4n) is 4.21. The molecule has 1 aliphatic heterocycles. The fourth-order valence-corrected chi connectivity index (χ4v) is 4.21. The molecule has 0 spiro atoms. The molecule has 2 aliphatic rings. The van der Waals surface area contributed by atoms with Crippen molar-refractivity contribution in [2.45, 2.75) is 32.7 Å². The fraction of sp³-hybridized carbons (Fsp3) is 0.611. The lowest BCUT2D eigenvalue weighted by atomic mass is 9.81. The van der Waals surface area contributed by atoms with Crippen molar-refractivity contribution in [1.82, 2.24) is 4.90 Å².